The first-order valence-corrected chi connectivity index (χ1v) is 5.14. The van der Waals surface area contributed by atoms with E-state index in [9.17, 15) is 4.39 Å². The summed E-state index contributed by atoms with van der Waals surface area (Å²) in [6, 6.07) is 4.78. The van der Waals surface area contributed by atoms with Gasteiger partial charge in [0.2, 0.25) is 0 Å². The van der Waals surface area contributed by atoms with Crippen molar-refractivity contribution in [3.63, 3.8) is 0 Å². The van der Waals surface area contributed by atoms with Crippen LogP contribution in [-0.2, 0) is 6.54 Å². The highest BCUT2D eigenvalue weighted by Crippen LogP contribution is 2.20. The molecular weight excluding hydrogens is 221 g/mol. The van der Waals surface area contributed by atoms with Crippen molar-refractivity contribution < 1.29 is 9.13 Å². The standard InChI is InChI=1S/C12H12FN3O/c1-8-2-3-10(4-11(8)13)17-12-15-6-9(5-14)7-16-12/h2-4,6-7H,5,14H2,1H3. The van der Waals surface area contributed by atoms with Crippen LogP contribution in [0.1, 0.15) is 11.1 Å². The summed E-state index contributed by atoms with van der Waals surface area (Å²) in [4.78, 5) is 7.92. The molecule has 0 unspecified atom stereocenters. The second-order valence-electron chi connectivity index (χ2n) is 3.59. The molecule has 1 heterocycles. The average Bonchev–Trinajstić information content (AvgIpc) is 2.35. The molecule has 2 N–H and O–H groups in total. The molecule has 1 aromatic carbocycles. The highest BCUT2D eigenvalue weighted by molar-refractivity contribution is 5.29. The van der Waals surface area contributed by atoms with Crippen LogP contribution in [0.4, 0.5) is 4.39 Å². The van der Waals surface area contributed by atoms with Crippen LogP contribution < -0.4 is 10.5 Å². The molecule has 0 aliphatic carbocycles. The fourth-order valence-electron chi connectivity index (χ4n) is 1.24. The SMILES string of the molecule is Cc1ccc(Oc2ncc(CN)cn2)cc1F. The van der Waals surface area contributed by atoms with Crippen LogP contribution in [0.15, 0.2) is 30.6 Å². The van der Waals surface area contributed by atoms with Gasteiger partial charge in [0.15, 0.2) is 0 Å². The van der Waals surface area contributed by atoms with Crippen LogP contribution in [0.5, 0.6) is 11.8 Å². The summed E-state index contributed by atoms with van der Waals surface area (Å²) < 4.78 is 18.6. The topological polar surface area (TPSA) is 61.0 Å². The van der Waals surface area contributed by atoms with Gasteiger partial charge in [0.1, 0.15) is 11.6 Å². The second kappa shape index (κ2) is 4.88. The zero-order valence-corrected chi connectivity index (χ0v) is 9.35. The summed E-state index contributed by atoms with van der Waals surface area (Å²) in [5.41, 5.74) is 6.80. The molecule has 2 rings (SSSR count). The van der Waals surface area contributed by atoms with Crippen molar-refractivity contribution in [2.24, 2.45) is 5.73 Å². The van der Waals surface area contributed by atoms with E-state index in [1.54, 1.807) is 31.5 Å². The number of benzene rings is 1. The number of aromatic nitrogens is 2. The predicted molar refractivity (Wildman–Crippen MR) is 61.1 cm³/mol. The van der Waals surface area contributed by atoms with E-state index in [-0.39, 0.29) is 11.8 Å². The summed E-state index contributed by atoms with van der Waals surface area (Å²) in [6.07, 6.45) is 3.15. The molecule has 0 radical (unpaired) electrons. The number of aryl methyl sites for hydroxylation is 1. The molecular formula is C12H12FN3O. The monoisotopic (exact) mass is 233 g/mol. The van der Waals surface area contributed by atoms with Crippen molar-refractivity contribution in [1.82, 2.24) is 9.97 Å². The Balaban J connectivity index is 2.16. The lowest BCUT2D eigenvalue weighted by Gasteiger charge is -2.05. The van der Waals surface area contributed by atoms with Gasteiger partial charge in [-0.25, -0.2) is 14.4 Å². The minimum atomic E-state index is -0.318. The Hall–Kier alpha value is -2.01. The maximum Gasteiger partial charge on any atom is 0.321 e. The van der Waals surface area contributed by atoms with Crippen molar-refractivity contribution in [2.75, 3.05) is 0 Å². The summed E-state index contributed by atoms with van der Waals surface area (Å²) >= 11 is 0. The first-order valence-electron chi connectivity index (χ1n) is 5.14. The largest absolute Gasteiger partial charge is 0.424 e. The summed E-state index contributed by atoms with van der Waals surface area (Å²) in [7, 11) is 0. The molecule has 0 atom stereocenters. The molecule has 0 bridgehead atoms. The highest BCUT2D eigenvalue weighted by atomic mass is 19.1. The van der Waals surface area contributed by atoms with Crippen molar-refractivity contribution in [3.05, 3.63) is 47.5 Å². The average molecular weight is 233 g/mol. The van der Waals surface area contributed by atoms with Gasteiger partial charge in [-0.15, -0.1) is 0 Å². The molecule has 0 aliphatic rings. The lowest BCUT2D eigenvalue weighted by molar-refractivity contribution is 0.436. The van der Waals surface area contributed by atoms with Crippen molar-refractivity contribution in [3.8, 4) is 11.8 Å². The molecule has 0 spiro atoms. The van der Waals surface area contributed by atoms with Gasteiger partial charge >= 0.3 is 6.01 Å². The molecule has 0 fully saturated rings. The Bertz CT molecular complexity index is 514. The molecule has 88 valence electrons. The van der Waals surface area contributed by atoms with Crippen LogP contribution in [-0.4, -0.2) is 9.97 Å². The number of hydrogen-bond donors (Lipinski definition) is 1. The summed E-state index contributed by atoms with van der Waals surface area (Å²) in [5.74, 6) is 0.0506. The maximum absolute atomic E-state index is 13.3. The maximum atomic E-state index is 13.3. The second-order valence-corrected chi connectivity index (χ2v) is 3.59. The van der Waals surface area contributed by atoms with E-state index in [1.807, 2.05) is 0 Å². The van der Waals surface area contributed by atoms with E-state index in [0.717, 1.165) is 5.56 Å². The fraction of sp³-hybridized carbons (Fsp3) is 0.167. The Kier molecular flexibility index (Phi) is 3.30. The van der Waals surface area contributed by atoms with E-state index in [2.05, 4.69) is 9.97 Å². The fourth-order valence-corrected chi connectivity index (χ4v) is 1.24. The van der Waals surface area contributed by atoms with Gasteiger partial charge in [-0.2, -0.15) is 0 Å². The van der Waals surface area contributed by atoms with E-state index >= 15 is 0 Å². The van der Waals surface area contributed by atoms with Gasteiger partial charge in [-0.1, -0.05) is 6.07 Å². The Morgan fingerprint density at radius 3 is 2.59 bits per heavy atom. The van der Waals surface area contributed by atoms with Gasteiger partial charge in [0.05, 0.1) is 0 Å². The normalized spacial score (nSPS) is 10.3. The van der Waals surface area contributed by atoms with Crippen molar-refractivity contribution >= 4 is 0 Å². The third-order valence-corrected chi connectivity index (χ3v) is 2.27. The van der Waals surface area contributed by atoms with Crippen molar-refractivity contribution in [2.45, 2.75) is 13.5 Å². The molecule has 2 aromatic rings. The molecule has 1 aromatic heterocycles. The van der Waals surface area contributed by atoms with Gasteiger partial charge < -0.3 is 10.5 Å². The van der Waals surface area contributed by atoms with Crippen LogP contribution in [0.3, 0.4) is 0 Å². The van der Waals surface area contributed by atoms with E-state index in [0.29, 0.717) is 17.9 Å². The summed E-state index contributed by atoms with van der Waals surface area (Å²) in [6.45, 7) is 2.06. The van der Waals surface area contributed by atoms with Crippen LogP contribution in [0.25, 0.3) is 0 Å². The van der Waals surface area contributed by atoms with Gasteiger partial charge in [-0.05, 0) is 18.6 Å². The number of rotatable bonds is 3. The number of hydrogen-bond acceptors (Lipinski definition) is 4. The van der Waals surface area contributed by atoms with Crippen LogP contribution in [0.2, 0.25) is 0 Å². The van der Waals surface area contributed by atoms with E-state index in [1.165, 1.54) is 6.07 Å². The predicted octanol–water partition coefficient (Wildman–Crippen LogP) is 2.18. The summed E-state index contributed by atoms with van der Waals surface area (Å²) in [5, 5.41) is 0. The van der Waals surface area contributed by atoms with E-state index in [4.69, 9.17) is 10.5 Å². The number of nitrogens with zero attached hydrogens (tertiary/aromatic N) is 2. The minimum absolute atomic E-state index is 0.172. The van der Waals surface area contributed by atoms with Gasteiger partial charge in [0, 0.05) is 30.6 Å². The number of ether oxygens (including phenoxy) is 1. The quantitative estimate of drug-likeness (QED) is 0.882. The molecule has 0 amide bonds. The molecule has 0 saturated carbocycles. The number of nitrogens with two attached hydrogens (primary N) is 1. The molecule has 5 heteroatoms. The van der Waals surface area contributed by atoms with Crippen molar-refractivity contribution in [1.29, 1.82) is 0 Å². The third kappa shape index (κ3) is 2.76. The first-order chi connectivity index (χ1) is 8.19. The molecule has 4 nitrogen and oxygen atoms in total. The first kappa shape index (κ1) is 11.5. The zero-order chi connectivity index (χ0) is 12.3. The molecule has 0 aliphatic heterocycles. The van der Waals surface area contributed by atoms with Gasteiger partial charge in [-0.3, -0.25) is 0 Å². The zero-order valence-electron chi connectivity index (χ0n) is 9.35. The lowest BCUT2D eigenvalue weighted by Crippen LogP contribution is -1.99. The smallest absolute Gasteiger partial charge is 0.321 e. The molecule has 17 heavy (non-hydrogen) atoms. The highest BCUT2D eigenvalue weighted by Gasteiger charge is 2.03. The Labute approximate surface area is 98.3 Å². The van der Waals surface area contributed by atoms with Gasteiger partial charge in [0.25, 0.3) is 0 Å². The van der Waals surface area contributed by atoms with E-state index < -0.39 is 0 Å². The Morgan fingerprint density at radius 2 is 2.00 bits per heavy atom. The third-order valence-electron chi connectivity index (χ3n) is 2.27. The number of halogens is 1. The molecule has 0 saturated heterocycles. The van der Waals surface area contributed by atoms with Crippen LogP contribution >= 0.6 is 0 Å². The minimum Gasteiger partial charge on any atom is -0.424 e. The van der Waals surface area contributed by atoms with Crippen LogP contribution in [0, 0.1) is 12.7 Å². The Morgan fingerprint density at radius 1 is 1.29 bits per heavy atom. The lowest BCUT2D eigenvalue weighted by atomic mass is 10.2.